The number of thiazole rings is 1. The Balaban J connectivity index is 1.90. The molecule has 0 radical (unpaired) electrons. The smallest absolute Gasteiger partial charge is 0.283 e. The van der Waals surface area contributed by atoms with Gasteiger partial charge in [-0.25, -0.2) is 13.4 Å². The number of nitro benzene ring substituents is 1. The molecular weight excluding hydrogens is 410 g/mol. The number of rotatable bonds is 5. The van der Waals surface area contributed by atoms with Crippen LogP contribution in [0.5, 0.6) is 0 Å². The average Bonchev–Trinajstić information content (AvgIpc) is 3.01. The van der Waals surface area contributed by atoms with Gasteiger partial charge >= 0.3 is 0 Å². The van der Waals surface area contributed by atoms with Gasteiger partial charge in [-0.1, -0.05) is 11.3 Å². The minimum absolute atomic E-state index is 0.135. The molecule has 1 heterocycles. The number of benzene rings is 2. The van der Waals surface area contributed by atoms with Crippen molar-refractivity contribution < 1.29 is 18.1 Å². The van der Waals surface area contributed by atoms with Crippen molar-refractivity contribution in [3.8, 4) is 0 Å². The number of nitrogens with one attached hydrogen (secondary N) is 1. The SMILES string of the molecule is CSc1ccc(C(=O)Nc2nc3ccc(S(C)(=O)=O)cc3s2)cc1[N+](=O)[O-]. The molecule has 8 nitrogen and oxygen atoms in total. The summed E-state index contributed by atoms with van der Waals surface area (Å²) in [5.74, 6) is -0.534. The number of amides is 1. The van der Waals surface area contributed by atoms with Crippen molar-refractivity contribution in [3.63, 3.8) is 0 Å². The lowest BCUT2D eigenvalue weighted by Crippen LogP contribution is -2.12. The average molecular weight is 423 g/mol. The number of nitrogens with zero attached hydrogens (tertiary/aromatic N) is 2. The first-order valence-corrected chi connectivity index (χ1v) is 11.4. The summed E-state index contributed by atoms with van der Waals surface area (Å²) in [4.78, 5) is 27.9. The fourth-order valence-electron chi connectivity index (χ4n) is 2.33. The maximum absolute atomic E-state index is 12.4. The van der Waals surface area contributed by atoms with E-state index in [0.717, 1.165) is 17.6 Å². The molecule has 1 N–H and O–H groups in total. The first-order chi connectivity index (χ1) is 12.7. The molecule has 3 rings (SSSR count). The molecule has 1 aromatic heterocycles. The first kappa shape index (κ1) is 19.3. The molecule has 0 atom stereocenters. The second-order valence-electron chi connectivity index (χ2n) is 5.52. The van der Waals surface area contributed by atoms with Crippen molar-refractivity contribution in [1.82, 2.24) is 4.98 Å². The van der Waals surface area contributed by atoms with Crippen molar-refractivity contribution in [3.05, 3.63) is 52.1 Å². The first-order valence-electron chi connectivity index (χ1n) is 7.43. The topological polar surface area (TPSA) is 119 Å². The van der Waals surface area contributed by atoms with E-state index in [9.17, 15) is 23.3 Å². The molecule has 2 aromatic carbocycles. The van der Waals surface area contributed by atoms with Gasteiger partial charge in [0.2, 0.25) is 0 Å². The number of carbonyl (C=O) groups is 1. The highest BCUT2D eigenvalue weighted by atomic mass is 32.2. The number of aromatic nitrogens is 1. The van der Waals surface area contributed by atoms with Gasteiger partial charge in [-0.2, -0.15) is 0 Å². The quantitative estimate of drug-likeness (QED) is 0.378. The summed E-state index contributed by atoms with van der Waals surface area (Å²) in [6.07, 6.45) is 2.83. The Hall–Kier alpha value is -2.50. The van der Waals surface area contributed by atoms with Gasteiger partial charge in [0.25, 0.3) is 11.6 Å². The summed E-state index contributed by atoms with van der Waals surface area (Å²) in [5.41, 5.74) is 0.541. The van der Waals surface area contributed by atoms with Crippen molar-refractivity contribution in [1.29, 1.82) is 0 Å². The van der Waals surface area contributed by atoms with E-state index < -0.39 is 20.7 Å². The maximum atomic E-state index is 12.4. The Bertz CT molecular complexity index is 1170. The van der Waals surface area contributed by atoms with E-state index in [0.29, 0.717) is 15.1 Å². The Morgan fingerprint density at radius 2 is 2.00 bits per heavy atom. The van der Waals surface area contributed by atoms with Gasteiger partial charge in [0, 0.05) is 17.9 Å². The van der Waals surface area contributed by atoms with Gasteiger partial charge < -0.3 is 0 Å². The molecule has 0 saturated carbocycles. The summed E-state index contributed by atoms with van der Waals surface area (Å²) in [6, 6.07) is 8.76. The highest BCUT2D eigenvalue weighted by molar-refractivity contribution is 7.98. The summed E-state index contributed by atoms with van der Waals surface area (Å²) >= 11 is 2.34. The van der Waals surface area contributed by atoms with Crippen LogP contribution in [0.1, 0.15) is 10.4 Å². The van der Waals surface area contributed by atoms with E-state index in [1.54, 1.807) is 12.3 Å². The van der Waals surface area contributed by atoms with Crippen LogP contribution in [0.3, 0.4) is 0 Å². The fourth-order valence-corrected chi connectivity index (χ4v) is 4.50. The molecule has 1 amide bonds. The van der Waals surface area contributed by atoms with Gasteiger partial charge in [-0.05, 0) is 36.6 Å². The van der Waals surface area contributed by atoms with Crippen molar-refractivity contribution in [2.75, 3.05) is 17.8 Å². The third-order valence-corrected chi connectivity index (χ3v) is 6.48. The van der Waals surface area contributed by atoms with Crippen LogP contribution in [0.15, 0.2) is 46.2 Å². The van der Waals surface area contributed by atoms with E-state index >= 15 is 0 Å². The largest absolute Gasteiger partial charge is 0.298 e. The Labute approximate surface area is 162 Å². The fraction of sp³-hybridized carbons (Fsp3) is 0.125. The predicted molar refractivity (Wildman–Crippen MR) is 106 cm³/mol. The zero-order chi connectivity index (χ0) is 19.8. The molecule has 11 heteroatoms. The number of hydrogen-bond donors (Lipinski definition) is 1. The summed E-state index contributed by atoms with van der Waals surface area (Å²) in [6.45, 7) is 0. The summed E-state index contributed by atoms with van der Waals surface area (Å²) in [7, 11) is -3.34. The summed E-state index contributed by atoms with van der Waals surface area (Å²) < 4.78 is 23.9. The van der Waals surface area contributed by atoms with E-state index in [1.165, 1.54) is 42.1 Å². The van der Waals surface area contributed by atoms with Gasteiger partial charge in [0.1, 0.15) is 0 Å². The monoisotopic (exact) mass is 423 g/mol. The zero-order valence-corrected chi connectivity index (χ0v) is 16.6. The van der Waals surface area contributed by atoms with Crippen LogP contribution in [0.4, 0.5) is 10.8 Å². The molecule has 3 aromatic rings. The summed E-state index contributed by atoms with van der Waals surface area (Å²) in [5, 5.41) is 14.0. The van der Waals surface area contributed by atoms with Crippen LogP contribution in [-0.2, 0) is 9.84 Å². The van der Waals surface area contributed by atoms with E-state index in [-0.39, 0.29) is 21.3 Å². The van der Waals surface area contributed by atoms with Crippen molar-refractivity contribution in [2.24, 2.45) is 0 Å². The lowest BCUT2D eigenvalue weighted by Gasteiger charge is -2.04. The van der Waals surface area contributed by atoms with Crippen molar-refractivity contribution >= 4 is 59.9 Å². The Morgan fingerprint density at radius 1 is 1.26 bits per heavy atom. The van der Waals surface area contributed by atoms with E-state index in [4.69, 9.17) is 0 Å². The van der Waals surface area contributed by atoms with E-state index in [1.807, 2.05) is 0 Å². The van der Waals surface area contributed by atoms with Crippen LogP contribution in [0.2, 0.25) is 0 Å². The lowest BCUT2D eigenvalue weighted by atomic mass is 10.2. The molecule has 0 fully saturated rings. The number of hydrogen-bond acceptors (Lipinski definition) is 8. The van der Waals surface area contributed by atoms with Crippen LogP contribution < -0.4 is 5.32 Å². The predicted octanol–water partition coefficient (Wildman–Crippen LogP) is 3.58. The maximum Gasteiger partial charge on any atom is 0.283 e. The number of carbonyl (C=O) groups excluding carboxylic acids is 1. The number of nitro groups is 1. The van der Waals surface area contributed by atoms with Gasteiger partial charge in [0.15, 0.2) is 15.0 Å². The minimum Gasteiger partial charge on any atom is -0.298 e. The Morgan fingerprint density at radius 3 is 2.63 bits per heavy atom. The highest BCUT2D eigenvalue weighted by Gasteiger charge is 2.18. The molecule has 0 aliphatic carbocycles. The zero-order valence-electron chi connectivity index (χ0n) is 14.1. The molecular formula is C16H13N3O5S3. The molecule has 0 aliphatic heterocycles. The molecule has 0 unspecified atom stereocenters. The Kier molecular flexibility index (Phi) is 5.18. The molecule has 0 spiro atoms. The van der Waals surface area contributed by atoms with Crippen LogP contribution >= 0.6 is 23.1 Å². The number of fused-ring (bicyclic) bond motifs is 1. The third-order valence-electron chi connectivity index (χ3n) is 3.65. The third kappa shape index (κ3) is 4.10. The van der Waals surface area contributed by atoms with Gasteiger partial charge in [-0.15, -0.1) is 11.8 Å². The second kappa shape index (κ2) is 7.25. The van der Waals surface area contributed by atoms with Crippen molar-refractivity contribution in [2.45, 2.75) is 9.79 Å². The second-order valence-corrected chi connectivity index (χ2v) is 9.41. The van der Waals surface area contributed by atoms with Crippen LogP contribution in [0, 0.1) is 10.1 Å². The molecule has 140 valence electrons. The highest BCUT2D eigenvalue weighted by Crippen LogP contribution is 2.30. The standard InChI is InChI=1S/C16H13N3O5S3/c1-25-13-6-3-9(7-12(13)19(21)22)15(20)18-16-17-11-5-4-10(27(2,23)24)8-14(11)26-16/h3-8H,1-2H3,(H,17,18,20). The lowest BCUT2D eigenvalue weighted by molar-refractivity contribution is -0.387. The van der Waals surface area contributed by atoms with Gasteiger partial charge in [0.05, 0.1) is 24.9 Å². The normalized spacial score (nSPS) is 11.5. The molecule has 27 heavy (non-hydrogen) atoms. The van der Waals surface area contributed by atoms with Crippen LogP contribution in [-0.4, -0.2) is 36.7 Å². The van der Waals surface area contributed by atoms with E-state index in [2.05, 4.69) is 10.3 Å². The number of anilines is 1. The molecule has 0 saturated heterocycles. The van der Waals surface area contributed by atoms with Gasteiger partial charge in [-0.3, -0.25) is 20.2 Å². The molecule has 0 aliphatic rings. The number of thioether (sulfide) groups is 1. The number of sulfone groups is 1. The molecule has 0 bridgehead atoms. The van der Waals surface area contributed by atoms with Crippen LogP contribution in [0.25, 0.3) is 10.2 Å². The minimum atomic E-state index is -3.34.